The SMILES string of the molecule is COc1ccccc1C1NCCC1F.Cl. The number of hydrogen-bond acceptors (Lipinski definition) is 2. The first kappa shape index (κ1) is 12.3. The highest BCUT2D eigenvalue weighted by molar-refractivity contribution is 5.85. The Bertz CT molecular complexity index is 321. The molecule has 0 radical (unpaired) electrons. The van der Waals surface area contributed by atoms with Crippen LogP contribution in [0.25, 0.3) is 0 Å². The number of nitrogens with one attached hydrogen (secondary N) is 1. The van der Waals surface area contributed by atoms with Crippen molar-refractivity contribution in [3.63, 3.8) is 0 Å². The number of alkyl halides is 1. The molecule has 2 atom stereocenters. The van der Waals surface area contributed by atoms with Crippen LogP contribution in [0, 0.1) is 0 Å². The molecule has 1 aromatic rings. The van der Waals surface area contributed by atoms with Gasteiger partial charge in [0.25, 0.3) is 0 Å². The Labute approximate surface area is 95.2 Å². The average Bonchev–Trinajstić information content (AvgIpc) is 2.64. The fourth-order valence-electron chi connectivity index (χ4n) is 1.90. The summed E-state index contributed by atoms with van der Waals surface area (Å²) in [6.45, 7) is 0.740. The Morgan fingerprint density at radius 3 is 2.73 bits per heavy atom. The van der Waals surface area contributed by atoms with Crippen LogP contribution in [0.4, 0.5) is 4.39 Å². The summed E-state index contributed by atoms with van der Waals surface area (Å²) < 4.78 is 18.7. The minimum Gasteiger partial charge on any atom is -0.496 e. The molecule has 0 bridgehead atoms. The van der Waals surface area contributed by atoms with Crippen LogP contribution < -0.4 is 10.1 Å². The summed E-state index contributed by atoms with van der Waals surface area (Å²) in [5.41, 5.74) is 0.917. The van der Waals surface area contributed by atoms with E-state index in [1.807, 2.05) is 24.3 Å². The van der Waals surface area contributed by atoms with E-state index < -0.39 is 6.17 Å². The standard InChI is InChI=1S/C11H14FNO.ClH/c1-14-10-5-3-2-4-8(10)11-9(12)6-7-13-11;/h2-5,9,11,13H,6-7H2,1H3;1H. The molecule has 1 heterocycles. The molecule has 1 aliphatic heterocycles. The molecule has 1 fully saturated rings. The number of ether oxygens (including phenoxy) is 1. The lowest BCUT2D eigenvalue weighted by Crippen LogP contribution is -2.19. The van der Waals surface area contributed by atoms with E-state index in [-0.39, 0.29) is 18.4 Å². The summed E-state index contributed by atoms with van der Waals surface area (Å²) in [5, 5.41) is 3.14. The van der Waals surface area contributed by atoms with Crippen LogP contribution in [0.5, 0.6) is 5.75 Å². The third kappa shape index (κ3) is 2.41. The lowest BCUT2D eigenvalue weighted by atomic mass is 10.0. The Morgan fingerprint density at radius 2 is 2.13 bits per heavy atom. The molecule has 1 N–H and O–H groups in total. The number of hydrogen-bond donors (Lipinski definition) is 1. The number of para-hydroxylation sites is 1. The van der Waals surface area contributed by atoms with Crippen molar-refractivity contribution in [1.29, 1.82) is 0 Å². The quantitative estimate of drug-likeness (QED) is 0.845. The highest BCUT2D eigenvalue weighted by atomic mass is 35.5. The maximum absolute atomic E-state index is 13.5. The third-order valence-corrected chi connectivity index (χ3v) is 2.62. The predicted molar refractivity (Wildman–Crippen MR) is 60.5 cm³/mol. The smallest absolute Gasteiger partial charge is 0.123 e. The molecule has 84 valence electrons. The summed E-state index contributed by atoms with van der Waals surface area (Å²) >= 11 is 0. The zero-order valence-electron chi connectivity index (χ0n) is 8.57. The molecule has 0 aliphatic carbocycles. The van der Waals surface area contributed by atoms with Crippen molar-refractivity contribution in [1.82, 2.24) is 5.32 Å². The molecule has 1 aliphatic rings. The summed E-state index contributed by atoms with van der Waals surface area (Å²) in [7, 11) is 1.61. The van der Waals surface area contributed by atoms with Crippen molar-refractivity contribution in [2.24, 2.45) is 0 Å². The lowest BCUT2D eigenvalue weighted by Gasteiger charge is -2.16. The summed E-state index contributed by atoms with van der Waals surface area (Å²) in [6, 6.07) is 7.37. The summed E-state index contributed by atoms with van der Waals surface area (Å²) in [6.07, 6.45) is -0.214. The maximum Gasteiger partial charge on any atom is 0.123 e. The van der Waals surface area contributed by atoms with Gasteiger partial charge in [0, 0.05) is 5.56 Å². The molecule has 2 unspecified atom stereocenters. The molecule has 4 heteroatoms. The largest absolute Gasteiger partial charge is 0.496 e. The molecule has 0 aromatic heterocycles. The Balaban J connectivity index is 0.00000112. The van der Waals surface area contributed by atoms with Crippen molar-refractivity contribution >= 4 is 12.4 Å². The number of halogens is 2. The first-order valence-electron chi connectivity index (χ1n) is 4.83. The minimum atomic E-state index is -0.800. The molecule has 2 nitrogen and oxygen atoms in total. The van der Waals surface area contributed by atoms with Crippen molar-refractivity contribution in [3.8, 4) is 5.75 Å². The second-order valence-electron chi connectivity index (χ2n) is 3.48. The van der Waals surface area contributed by atoms with Crippen LogP contribution in [0.15, 0.2) is 24.3 Å². The monoisotopic (exact) mass is 231 g/mol. The molecular weight excluding hydrogens is 217 g/mol. The first-order chi connectivity index (χ1) is 6.83. The van der Waals surface area contributed by atoms with E-state index in [1.54, 1.807) is 7.11 Å². The number of rotatable bonds is 2. The zero-order valence-corrected chi connectivity index (χ0v) is 9.39. The van der Waals surface area contributed by atoms with Gasteiger partial charge in [0.05, 0.1) is 13.2 Å². The molecule has 0 amide bonds. The topological polar surface area (TPSA) is 21.3 Å². The van der Waals surface area contributed by atoms with Crippen LogP contribution in [0.2, 0.25) is 0 Å². The van der Waals surface area contributed by atoms with E-state index in [2.05, 4.69) is 5.32 Å². The van der Waals surface area contributed by atoms with Crippen molar-refractivity contribution < 1.29 is 9.13 Å². The van der Waals surface area contributed by atoms with Gasteiger partial charge in [-0.15, -0.1) is 12.4 Å². The Morgan fingerprint density at radius 1 is 1.40 bits per heavy atom. The average molecular weight is 232 g/mol. The molecule has 2 rings (SSSR count). The molecular formula is C11H15ClFNO. The Kier molecular flexibility index (Phi) is 4.36. The van der Waals surface area contributed by atoms with Gasteiger partial charge in [-0.2, -0.15) is 0 Å². The van der Waals surface area contributed by atoms with Gasteiger partial charge in [-0.05, 0) is 19.0 Å². The van der Waals surface area contributed by atoms with Gasteiger partial charge in [0.15, 0.2) is 0 Å². The van der Waals surface area contributed by atoms with E-state index in [1.165, 1.54) is 0 Å². The van der Waals surface area contributed by atoms with E-state index in [0.717, 1.165) is 17.9 Å². The van der Waals surface area contributed by atoms with Crippen LogP contribution in [-0.2, 0) is 0 Å². The second-order valence-corrected chi connectivity index (χ2v) is 3.48. The molecule has 1 saturated heterocycles. The lowest BCUT2D eigenvalue weighted by molar-refractivity contribution is 0.297. The van der Waals surface area contributed by atoms with Gasteiger partial charge in [0.1, 0.15) is 11.9 Å². The first-order valence-corrected chi connectivity index (χ1v) is 4.83. The summed E-state index contributed by atoms with van der Waals surface area (Å²) in [4.78, 5) is 0. The maximum atomic E-state index is 13.5. The van der Waals surface area contributed by atoms with E-state index in [9.17, 15) is 4.39 Å². The normalized spacial score (nSPS) is 24.7. The highest BCUT2D eigenvalue weighted by Gasteiger charge is 2.29. The summed E-state index contributed by atoms with van der Waals surface area (Å²) in [5.74, 6) is 0.759. The van der Waals surface area contributed by atoms with Crippen molar-refractivity contribution in [3.05, 3.63) is 29.8 Å². The van der Waals surface area contributed by atoms with Crippen LogP contribution in [0.1, 0.15) is 18.0 Å². The van der Waals surface area contributed by atoms with Gasteiger partial charge in [0.2, 0.25) is 0 Å². The van der Waals surface area contributed by atoms with E-state index in [0.29, 0.717) is 6.42 Å². The fraction of sp³-hybridized carbons (Fsp3) is 0.455. The van der Waals surface area contributed by atoms with Gasteiger partial charge in [-0.25, -0.2) is 4.39 Å². The van der Waals surface area contributed by atoms with E-state index in [4.69, 9.17) is 4.74 Å². The highest BCUT2D eigenvalue weighted by Crippen LogP contribution is 2.32. The zero-order chi connectivity index (χ0) is 9.97. The van der Waals surface area contributed by atoms with Crippen molar-refractivity contribution in [2.45, 2.75) is 18.6 Å². The van der Waals surface area contributed by atoms with E-state index >= 15 is 0 Å². The van der Waals surface area contributed by atoms with Crippen LogP contribution in [0.3, 0.4) is 0 Å². The number of methoxy groups -OCH3 is 1. The van der Waals surface area contributed by atoms with Gasteiger partial charge < -0.3 is 10.1 Å². The van der Waals surface area contributed by atoms with Crippen LogP contribution in [-0.4, -0.2) is 19.8 Å². The molecule has 0 spiro atoms. The third-order valence-electron chi connectivity index (χ3n) is 2.62. The predicted octanol–water partition coefficient (Wildman–Crippen LogP) is 2.49. The van der Waals surface area contributed by atoms with Crippen molar-refractivity contribution in [2.75, 3.05) is 13.7 Å². The van der Waals surface area contributed by atoms with Gasteiger partial charge in [-0.1, -0.05) is 18.2 Å². The minimum absolute atomic E-state index is 0. The molecule has 15 heavy (non-hydrogen) atoms. The fourth-order valence-corrected chi connectivity index (χ4v) is 1.90. The van der Waals surface area contributed by atoms with Gasteiger partial charge >= 0.3 is 0 Å². The number of benzene rings is 1. The van der Waals surface area contributed by atoms with Crippen LogP contribution >= 0.6 is 12.4 Å². The molecule has 0 saturated carbocycles. The van der Waals surface area contributed by atoms with Gasteiger partial charge in [-0.3, -0.25) is 0 Å². The Hall–Kier alpha value is -0.800. The molecule has 1 aromatic carbocycles. The second kappa shape index (κ2) is 5.33.